The van der Waals surface area contributed by atoms with Crippen molar-refractivity contribution in [2.24, 2.45) is 0 Å². The molecule has 5 nitrogen and oxygen atoms in total. The Morgan fingerprint density at radius 2 is 1.95 bits per heavy atom. The number of benzene rings is 1. The number of nitrogens with one attached hydrogen (secondary N) is 1. The maximum Gasteiger partial charge on any atom is 0.223 e. The van der Waals surface area contributed by atoms with Crippen LogP contribution in [0.1, 0.15) is 39.0 Å². The second kappa shape index (κ2) is 7.82. The Morgan fingerprint density at radius 3 is 2.59 bits per heavy atom. The van der Waals surface area contributed by atoms with Crippen molar-refractivity contribution in [2.75, 3.05) is 18.6 Å². The minimum atomic E-state index is -0.0989. The van der Waals surface area contributed by atoms with Crippen LogP contribution < -0.4 is 15.0 Å². The van der Waals surface area contributed by atoms with Gasteiger partial charge in [0.15, 0.2) is 0 Å². The second-order valence-electron chi connectivity index (χ2n) is 5.64. The summed E-state index contributed by atoms with van der Waals surface area (Å²) in [4.78, 5) is 25.5. The van der Waals surface area contributed by atoms with E-state index in [9.17, 15) is 9.59 Å². The van der Waals surface area contributed by atoms with E-state index in [0.717, 1.165) is 12.8 Å². The molecule has 0 aromatic heterocycles. The molecule has 2 rings (SSSR count). The standard InChI is InChI=1S/C17H24N2O3/c1-13(20)19(15-9-5-6-10-16(15)22-2)12-11-17(21)18-14-7-3-4-8-14/h5-6,9-10,14H,3-4,7-8,11-12H2,1-2H3,(H,18,21). The van der Waals surface area contributed by atoms with Gasteiger partial charge in [-0.25, -0.2) is 0 Å². The highest BCUT2D eigenvalue weighted by Gasteiger charge is 2.20. The van der Waals surface area contributed by atoms with Crippen LogP contribution in [0.5, 0.6) is 5.75 Å². The first-order chi connectivity index (χ1) is 10.6. The van der Waals surface area contributed by atoms with Gasteiger partial charge in [0.1, 0.15) is 5.75 Å². The van der Waals surface area contributed by atoms with Gasteiger partial charge in [0, 0.05) is 25.9 Å². The number of rotatable bonds is 6. The van der Waals surface area contributed by atoms with Crippen molar-refractivity contribution < 1.29 is 14.3 Å². The van der Waals surface area contributed by atoms with Gasteiger partial charge in [0.25, 0.3) is 0 Å². The molecule has 0 bridgehead atoms. The minimum Gasteiger partial charge on any atom is -0.495 e. The highest BCUT2D eigenvalue weighted by Crippen LogP contribution is 2.27. The maximum absolute atomic E-state index is 12.0. The van der Waals surface area contributed by atoms with E-state index >= 15 is 0 Å². The third-order valence-electron chi connectivity index (χ3n) is 4.04. The molecular formula is C17H24N2O3. The summed E-state index contributed by atoms with van der Waals surface area (Å²) in [6, 6.07) is 7.66. The van der Waals surface area contributed by atoms with E-state index in [1.54, 1.807) is 12.0 Å². The predicted molar refractivity (Wildman–Crippen MR) is 86.0 cm³/mol. The molecule has 5 heteroatoms. The first-order valence-corrected chi connectivity index (χ1v) is 7.82. The van der Waals surface area contributed by atoms with E-state index < -0.39 is 0 Å². The van der Waals surface area contributed by atoms with Crippen LogP contribution in [0.25, 0.3) is 0 Å². The normalized spacial score (nSPS) is 14.6. The van der Waals surface area contributed by atoms with Crippen molar-refractivity contribution in [1.82, 2.24) is 5.32 Å². The quantitative estimate of drug-likeness (QED) is 0.878. The van der Waals surface area contributed by atoms with Crippen LogP contribution in [0.3, 0.4) is 0 Å². The van der Waals surface area contributed by atoms with Crippen LogP contribution in [0, 0.1) is 0 Å². The van der Waals surface area contributed by atoms with Crippen LogP contribution >= 0.6 is 0 Å². The van der Waals surface area contributed by atoms with Crippen molar-refractivity contribution in [3.05, 3.63) is 24.3 Å². The Hall–Kier alpha value is -2.04. The molecule has 0 radical (unpaired) electrons. The summed E-state index contributed by atoms with van der Waals surface area (Å²) < 4.78 is 5.30. The summed E-state index contributed by atoms with van der Waals surface area (Å²) in [5.41, 5.74) is 0.700. The lowest BCUT2D eigenvalue weighted by Crippen LogP contribution is -2.37. The molecular weight excluding hydrogens is 280 g/mol. The largest absolute Gasteiger partial charge is 0.495 e. The Balaban J connectivity index is 1.97. The average molecular weight is 304 g/mol. The smallest absolute Gasteiger partial charge is 0.223 e. The lowest BCUT2D eigenvalue weighted by Gasteiger charge is -2.23. The number of hydrogen-bond donors (Lipinski definition) is 1. The summed E-state index contributed by atoms with van der Waals surface area (Å²) in [6.07, 6.45) is 4.80. The molecule has 1 fully saturated rings. The van der Waals surface area contributed by atoms with Gasteiger partial charge >= 0.3 is 0 Å². The number of carbonyl (C=O) groups excluding carboxylic acids is 2. The molecule has 0 spiro atoms. The highest BCUT2D eigenvalue weighted by atomic mass is 16.5. The fourth-order valence-electron chi connectivity index (χ4n) is 2.88. The van der Waals surface area contributed by atoms with Crippen molar-refractivity contribution in [2.45, 2.75) is 45.1 Å². The zero-order valence-corrected chi connectivity index (χ0v) is 13.3. The van der Waals surface area contributed by atoms with Gasteiger partial charge in [-0.3, -0.25) is 9.59 Å². The monoisotopic (exact) mass is 304 g/mol. The SMILES string of the molecule is COc1ccccc1N(CCC(=O)NC1CCCC1)C(C)=O. The molecule has 0 atom stereocenters. The lowest BCUT2D eigenvalue weighted by molar-refractivity contribution is -0.121. The van der Waals surface area contributed by atoms with E-state index in [0.29, 0.717) is 30.4 Å². The van der Waals surface area contributed by atoms with Gasteiger partial charge in [-0.05, 0) is 25.0 Å². The Kier molecular flexibility index (Phi) is 5.81. The molecule has 1 N–H and O–H groups in total. The van der Waals surface area contributed by atoms with E-state index in [-0.39, 0.29) is 11.8 Å². The first-order valence-electron chi connectivity index (χ1n) is 7.82. The first kappa shape index (κ1) is 16.3. The van der Waals surface area contributed by atoms with Crippen LogP contribution in [0.4, 0.5) is 5.69 Å². The average Bonchev–Trinajstić information content (AvgIpc) is 3.00. The van der Waals surface area contributed by atoms with Gasteiger partial charge < -0.3 is 15.0 Å². The van der Waals surface area contributed by atoms with Crippen molar-refractivity contribution in [1.29, 1.82) is 0 Å². The van der Waals surface area contributed by atoms with Gasteiger partial charge in [-0.2, -0.15) is 0 Å². The number of methoxy groups -OCH3 is 1. The van der Waals surface area contributed by atoms with Crippen LogP contribution in [-0.2, 0) is 9.59 Å². The zero-order chi connectivity index (χ0) is 15.9. The number of amides is 2. The van der Waals surface area contributed by atoms with Crippen LogP contribution in [0.2, 0.25) is 0 Å². The number of nitrogens with zero attached hydrogens (tertiary/aromatic N) is 1. The molecule has 1 aliphatic carbocycles. The Bertz CT molecular complexity index is 524. The number of anilines is 1. The van der Waals surface area contributed by atoms with Gasteiger partial charge in [0.2, 0.25) is 11.8 Å². The molecule has 1 aromatic rings. The zero-order valence-electron chi connectivity index (χ0n) is 13.3. The molecule has 1 aliphatic rings. The molecule has 0 heterocycles. The number of hydrogen-bond acceptors (Lipinski definition) is 3. The maximum atomic E-state index is 12.0. The molecule has 22 heavy (non-hydrogen) atoms. The van der Waals surface area contributed by atoms with E-state index in [1.165, 1.54) is 19.8 Å². The number of ether oxygens (including phenoxy) is 1. The third kappa shape index (κ3) is 4.23. The summed E-state index contributed by atoms with van der Waals surface area (Å²) in [5, 5.41) is 3.05. The van der Waals surface area contributed by atoms with Crippen LogP contribution in [-0.4, -0.2) is 31.5 Å². The molecule has 0 unspecified atom stereocenters. The Morgan fingerprint density at radius 1 is 1.27 bits per heavy atom. The van der Waals surface area contributed by atoms with Crippen molar-refractivity contribution in [3.8, 4) is 5.75 Å². The molecule has 2 amide bonds. The minimum absolute atomic E-state index is 0.00745. The highest BCUT2D eigenvalue weighted by molar-refractivity contribution is 5.93. The number of para-hydroxylation sites is 2. The van der Waals surface area contributed by atoms with Crippen molar-refractivity contribution in [3.63, 3.8) is 0 Å². The Labute approximate surface area is 131 Å². The molecule has 0 aliphatic heterocycles. The van der Waals surface area contributed by atoms with Crippen LogP contribution in [0.15, 0.2) is 24.3 Å². The summed E-state index contributed by atoms with van der Waals surface area (Å²) in [5.74, 6) is 0.542. The third-order valence-corrected chi connectivity index (χ3v) is 4.04. The van der Waals surface area contributed by atoms with Crippen molar-refractivity contribution >= 4 is 17.5 Å². The van der Waals surface area contributed by atoms with E-state index in [4.69, 9.17) is 4.74 Å². The van der Waals surface area contributed by atoms with Gasteiger partial charge in [-0.1, -0.05) is 25.0 Å². The van der Waals surface area contributed by atoms with Gasteiger partial charge in [-0.15, -0.1) is 0 Å². The van der Waals surface area contributed by atoms with E-state index in [1.807, 2.05) is 24.3 Å². The van der Waals surface area contributed by atoms with E-state index in [2.05, 4.69) is 5.32 Å². The molecule has 120 valence electrons. The molecule has 0 saturated heterocycles. The topological polar surface area (TPSA) is 58.6 Å². The molecule has 1 aromatic carbocycles. The second-order valence-corrected chi connectivity index (χ2v) is 5.64. The fraction of sp³-hybridized carbons (Fsp3) is 0.529. The molecule has 1 saturated carbocycles. The fourth-order valence-corrected chi connectivity index (χ4v) is 2.88. The summed E-state index contributed by atoms with van der Waals surface area (Å²) in [6.45, 7) is 1.86. The van der Waals surface area contributed by atoms with Gasteiger partial charge in [0.05, 0.1) is 12.8 Å². The lowest BCUT2D eigenvalue weighted by atomic mass is 10.2. The summed E-state index contributed by atoms with van der Waals surface area (Å²) >= 11 is 0. The number of carbonyl (C=O) groups is 2. The predicted octanol–water partition coefficient (Wildman–Crippen LogP) is 2.50. The summed E-state index contributed by atoms with van der Waals surface area (Å²) in [7, 11) is 1.57.